The van der Waals surface area contributed by atoms with Gasteiger partial charge in [0.15, 0.2) is 0 Å². The van der Waals surface area contributed by atoms with Crippen molar-refractivity contribution in [1.29, 1.82) is 0 Å². The summed E-state index contributed by atoms with van der Waals surface area (Å²) in [7, 11) is 0. The van der Waals surface area contributed by atoms with Crippen LogP contribution in [0.3, 0.4) is 0 Å². The van der Waals surface area contributed by atoms with Gasteiger partial charge in [-0.3, -0.25) is 9.59 Å². The van der Waals surface area contributed by atoms with Crippen molar-refractivity contribution >= 4 is 16.8 Å². The van der Waals surface area contributed by atoms with E-state index >= 15 is 0 Å². The normalized spacial score (nSPS) is 14.2. The average molecular weight is 505 g/mol. The summed E-state index contributed by atoms with van der Waals surface area (Å²) in [6.45, 7) is 3.81. The lowest BCUT2D eigenvalue weighted by Crippen LogP contribution is -2.45. The Bertz CT molecular complexity index is 1190. The van der Waals surface area contributed by atoms with E-state index < -0.39 is 0 Å². The maximum atomic E-state index is 13.2. The number of pyridine rings is 1. The Morgan fingerprint density at radius 1 is 0.892 bits per heavy atom. The number of phenols is 1. The van der Waals surface area contributed by atoms with Gasteiger partial charge in [0, 0.05) is 43.5 Å². The number of aromatic nitrogens is 1. The van der Waals surface area contributed by atoms with Gasteiger partial charge >= 0.3 is 0 Å². The van der Waals surface area contributed by atoms with E-state index in [1.54, 1.807) is 12.1 Å². The lowest BCUT2D eigenvalue weighted by atomic mass is 9.94. The van der Waals surface area contributed by atoms with Gasteiger partial charge in [-0.05, 0) is 62.0 Å². The molecule has 4 rings (SSSR count). The first kappa shape index (κ1) is 26.9. The number of benzene rings is 2. The first-order valence-electron chi connectivity index (χ1n) is 13.7. The molecule has 1 aliphatic carbocycles. The Balaban J connectivity index is 1.23. The number of carbonyl (C=O) groups is 1. The molecule has 1 aliphatic rings. The molecule has 4 N–H and O–H groups in total. The van der Waals surface area contributed by atoms with Gasteiger partial charge in [0.25, 0.3) is 0 Å². The van der Waals surface area contributed by atoms with Gasteiger partial charge in [-0.25, -0.2) is 0 Å². The fraction of sp³-hybridized carbons (Fsp3) is 0.467. The molecule has 198 valence electrons. The number of aromatic hydroxyl groups is 1. The summed E-state index contributed by atoms with van der Waals surface area (Å²) >= 11 is 0. The molecule has 0 saturated heterocycles. The van der Waals surface area contributed by atoms with Gasteiger partial charge in [-0.1, -0.05) is 55.7 Å². The predicted octanol–water partition coefficient (Wildman–Crippen LogP) is 3.75. The standard InChI is InChI=1S/C30H40N4O3/c35-27-13-11-24(26-12-14-28(36)33-30(26)27)16-19-32-21-22-34(25-9-5-2-6-10-25)29(37)17-20-31-18-15-23-7-3-1-4-8-23/h1,3-4,7-8,11-14,25,31-32,35H,2,5-6,9-10,15-22H2,(H,33,36). The molecule has 0 spiro atoms. The van der Waals surface area contributed by atoms with E-state index in [1.807, 2.05) is 12.1 Å². The number of carbonyl (C=O) groups excluding carboxylic acids is 1. The molecule has 0 atom stereocenters. The molecule has 1 heterocycles. The Hall–Kier alpha value is -3.16. The summed E-state index contributed by atoms with van der Waals surface area (Å²) in [6.07, 6.45) is 8.14. The summed E-state index contributed by atoms with van der Waals surface area (Å²) in [4.78, 5) is 29.6. The Kier molecular flexibility index (Phi) is 10.1. The second kappa shape index (κ2) is 14.0. The van der Waals surface area contributed by atoms with Crippen LogP contribution < -0.4 is 16.2 Å². The fourth-order valence-electron chi connectivity index (χ4n) is 5.31. The molecular formula is C30H40N4O3. The van der Waals surface area contributed by atoms with E-state index in [2.05, 4.69) is 44.8 Å². The molecule has 37 heavy (non-hydrogen) atoms. The molecule has 7 heteroatoms. The number of H-pyrrole nitrogens is 1. The van der Waals surface area contributed by atoms with Crippen LogP contribution >= 0.6 is 0 Å². The lowest BCUT2D eigenvalue weighted by Gasteiger charge is -2.34. The Labute approximate surface area is 219 Å². The van der Waals surface area contributed by atoms with E-state index in [4.69, 9.17) is 0 Å². The van der Waals surface area contributed by atoms with Crippen LogP contribution in [0.2, 0.25) is 0 Å². The van der Waals surface area contributed by atoms with E-state index in [0.717, 1.165) is 62.8 Å². The molecule has 0 radical (unpaired) electrons. The summed E-state index contributed by atoms with van der Waals surface area (Å²) < 4.78 is 0. The van der Waals surface area contributed by atoms with Gasteiger partial charge in [-0.15, -0.1) is 0 Å². The molecular weight excluding hydrogens is 464 g/mol. The number of aromatic amines is 1. The number of nitrogens with zero attached hydrogens (tertiary/aromatic N) is 1. The van der Waals surface area contributed by atoms with E-state index in [0.29, 0.717) is 24.5 Å². The smallest absolute Gasteiger partial charge is 0.248 e. The van der Waals surface area contributed by atoms with E-state index in [1.165, 1.54) is 30.9 Å². The molecule has 3 aromatic rings. The highest BCUT2D eigenvalue weighted by Crippen LogP contribution is 2.25. The number of fused-ring (bicyclic) bond motifs is 1. The molecule has 1 amide bonds. The lowest BCUT2D eigenvalue weighted by molar-refractivity contribution is -0.134. The zero-order valence-electron chi connectivity index (χ0n) is 21.7. The second-order valence-electron chi connectivity index (χ2n) is 9.97. The minimum atomic E-state index is -0.225. The highest BCUT2D eigenvalue weighted by Gasteiger charge is 2.24. The van der Waals surface area contributed by atoms with Gasteiger partial charge in [-0.2, -0.15) is 0 Å². The number of amides is 1. The van der Waals surface area contributed by atoms with Crippen molar-refractivity contribution < 1.29 is 9.90 Å². The van der Waals surface area contributed by atoms with Crippen molar-refractivity contribution in [3.05, 3.63) is 76.1 Å². The topological polar surface area (TPSA) is 97.5 Å². The number of hydrogen-bond acceptors (Lipinski definition) is 5. The van der Waals surface area contributed by atoms with Crippen molar-refractivity contribution in [2.45, 2.75) is 57.4 Å². The Morgan fingerprint density at radius 3 is 2.46 bits per heavy atom. The molecule has 0 bridgehead atoms. The third kappa shape index (κ3) is 7.91. The first-order chi connectivity index (χ1) is 18.1. The zero-order valence-corrected chi connectivity index (χ0v) is 21.7. The third-order valence-corrected chi connectivity index (χ3v) is 7.35. The molecule has 1 aromatic heterocycles. The minimum absolute atomic E-state index is 0.0839. The maximum absolute atomic E-state index is 13.2. The number of hydrogen-bond donors (Lipinski definition) is 4. The summed E-state index contributed by atoms with van der Waals surface area (Å²) in [5.74, 6) is 0.329. The quantitative estimate of drug-likeness (QED) is 0.266. The van der Waals surface area contributed by atoms with Crippen molar-refractivity contribution in [3.63, 3.8) is 0 Å². The largest absolute Gasteiger partial charge is 0.506 e. The van der Waals surface area contributed by atoms with Crippen LogP contribution in [-0.2, 0) is 17.6 Å². The van der Waals surface area contributed by atoms with Crippen molar-refractivity contribution in [2.75, 3.05) is 32.7 Å². The van der Waals surface area contributed by atoms with Gasteiger partial charge < -0.3 is 25.6 Å². The number of nitrogens with one attached hydrogen (secondary N) is 3. The van der Waals surface area contributed by atoms with Crippen LogP contribution in [0.25, 0.3) is 10.9 Å². The van der Waals surface area contributed by atoms with Crippen LogP contribution in [0.1, 0.15) is 49.7 Å². The third-order valence-electron chi connectivity index (χ3n) is 7.35. The minimum Gasteiger partial charge on any atom is -0.506 e. The van der Waals surface area contributed by atoms with Crippen LogP contribution in [0.4, 0.5) is 0 Å². The SMILES string of the molecule is O=C(CCNCCc1ccccc1)N(CCNCCc1ccc(O)c2[nH]c(=O)ccc12)C1CCCCC1. The molecule has 1 fully saturated rings. The van der Waals surface area contributed by atoms with Crippen LogP contribution in [0.15, 0.2) is 59.4 Å². The Morgan fingerprint density at radius 2 is 1.65 bits per heavy atom. The summed E-state index contributed by atoms with van der Waals surface area (Å²) in [6, 6.07) is 17.6. The molecule has 0 aliphatic heterocycles. The van der Waals surface area contributed by atoms with Crippen LogP contribution in [-0.4, -0.2) is 59.7 Å². The summed E-state index contributed by atoms with van der Waals surface area (Å²) in [5, 5.41) is 17.9. The molecule has 0 unspecified atom stereocenters. The van der Waals surface area contributed by atoms with Gasteiger partial charge in [0.1, 0.15) is 5.75 Å². The predicted molar refractivity (Wildman–Crippen MR) is 149 cm³/mol. The van der Waals surface area contributed by atoms with Gasteiger partial charge in [0.2, 0.25) is 11.5 Å². The maximum Gasteiger partial charge on any atom is 0.248 e. The van der Waals surface area contributed by atoms with Crippen molar-refractivity contribution in [2.24, 2.45) is 0 Å². The van der Waals surface area contributed by atoms with Crippen LogP contribution in [0, 0.1) is 0 Å². The highest BCUT2D eigenvalue weighted by molar-refractivity contribution is 5.87. The number of phenolic OH excluding ortho intramolecular Hbond substituents is 1. The van der Waals surface area contributed by atoms with Crippen LogP contribution in [0.5, 0.6) is 5.75 Å². The van der Waals surface area contributed by atoms with Crippen molar-refractivity contribution in [1.82, 2.24) is 20.5 Å². The average Bonchev–Trinajstić information content (AvgIpc) is 2.92. The first-order valence-corrected chi connectivity index (χ1v) is 13.7. The van der Waals surface area contributed by atoms with Crippen molar-refractivity contribution in [3.8, 4) is 5.75 Å². The molecule has 2 aromatic carbocycles. The highest BCUT2D eigenvalue weighted by atomic mass is 16.3. The van der Waals surface area contributed by atoms with Gasteiger partial charge in [0.05, 0.1) is 5.52 Å². The number of rotatable bonds is 13. The van der Waals surface area contributed by atoms with E-state index in [-0.39, 0.29) is 17.2 Å². The monoisotopic (exact) mass is 504 g/mol. The summed E-state index contributed by atoms with van der Waals surface area (Å²) in [5.41, 5.74) is 2.64. The molecule has 7 nitrogen and oxygen atoms in total. The second-order valence-corrected chi connectivity index (χ2v) is 9.97. The molecule has 1 saturated carbocycles. The fourth-order valence-corrected chi connectivity index (χ4v) is 5.31. The van der Waals surface area contributed by atoms with E-state index in [9.17, 15) is 14.7 Å². The zero-order chi connectivity index (χ0) is 25.9.